The van der Waals surface area contributed by atoms with Crippen molar-refractivity contribution in [2.75, 3.05) is 23.8 Å². The van der Waals surface area contributed by atoms with Crippen LogP contribution in [0.15, 0.2) is 18.2 Å². The van der Waals surface area contributed by atoms with Crippen molar-refractivity contribution in [1.29, 1.82) is 0 Å². The second kappa shape index (κ2) is 12.8. The molecule has 0 heterocycles. The molecule has 28 heavy (non-hydrogen) atoms. The van der Waals surface area contributed by atoms with Gasteiger partial charge in [-0.15, -0.1) is 0 Å². The molecule has 0 aromatic heterocycles. The van der Waals surface area contributed by atoms with Crippen molar-refractivity contribution in [3.8, 4) is 0 Å². The number of carbonyl (C=O) groups excluding carboxylic acids is 2. The third kappa shape index (κ3) is 8.96. The second-order valence-electron chi connectivity index (χ2n) is 5.58. The van der Waals surface area contributed by atoms with Gasteiger partial charge >= 0.3 is 12.2 Å². The van der Waals surface area contributed by atoms with Crippen molar-refractivity contribution in [2.24, 2.45) is 0 Å². The van der Waals surface area contributed by atoms with Crippen LogP contribution in [0, 0.1) is 0 Å². The SMILES string of the molecule is CCCCc1ccc(NC(=S)NC(=O)OCC)c(NC(=S)NC(=O)OCC)c1. The molecule has 0 saturated heterocycles. The van der Waals surface area contributed by atoms with Crippen LogP contribution in [0.5, 0.6) is 0 Å². The Morgan fingerprint density at radius 3 is 1.93 bits per heavy atom. The number of alkyl carbamates (subject to hydrolysis) is 2. The van der Waals surface area contributed by atoms with Gasteiger partial charge < -0.3 is 20.1 Å². The molecule has 1 aromatic rings. The lowest BCUT2D eigenvalue weighted by atomic mass is 10.1. The van der Waals surface area contributed by atoms with Crippen molar-refractivity contribution in [3.05, 3.63) is 23.8 Å². The summed E-state index contributed by atoms with van der Waals surface area (Å²) in [4.78, 5) is 23.0. The zero-order valence-corrected chi connectivity index (χ0v) is 17.9. The van der Waals surface area contributed by atoms with E-state index < -0.39 is 12.2 Å². The monoisotopic (exact) mass is 426 g/mol. The molecule has 0 aliphatic rings. The first-order valence-electron chi connectivity index (χ1n) is 9.02. The van der Waals surface area contributed by atoms with Gasteiger partial charge in [-0.3, -0.25) is 10.6 Å². The maximum Gasteiger partial charge on any atom is 0.413 e. The van der Waals surface area contributed by atoms with Gasteiger partial charge in [-0.05, 0) is 68.8 Å². The van der Waals surface area contributed by atoms with E-state index in [-0.39, 0.29) is 23.4 Å². The number of anilines is 2. The molecule has 0 aliphatic carbocycles. The van der Waals surface area contributed by atoms with Gasteiger partial charge in [-0.2, -0.15) is 0 Å². The maximum atomic E-state index is 11.5. The summed E-state index contributed by atoms with van der Waals surface area (Å²) in [5.41, 5.74) is 2.27. The van der Waals surface area contributed by atoms with Gasteiger partial charge in [0.1, 0.15) is 0 Å². The number of hydrogen-bond acceptors (Lipinski definition) is 6. The number of carbonyl (C=O) groups is 2. The Kier molecular flexibility index (Phi) is 10.8. The van der Waals surface area contributed by atoms with E-state index >= 15 is 0 Å². The summed E-state index contributed by atoms with van der Waals surface area (Å²) in [6.07, 6.45) is 1.72. The lowest BCUT2D eigenvalue weighted by molar-refractivity contribution is 0.157. The van der Waals surface area contributed by atoms with E-state index in [1.807, 2.05) is 18.2 Å². The summed E-state index contributed by atoms with van der Waals surface area (Å²) < 4.78 is 9.61. The first-order valence-corrected chi connectivity index (χ1v) is 9.83. The van der Waals surface area contributed by atoms with Crippen LogP contribution in [0.25, 0.3) is 0 Å². The fourth-order valence-electron chi connectivity index (χ4n) is 2.17. The largest absolute Gasteiger partial charge is 0.450 e. The van der Waals surface area contributed by atoms with Gasteiger partial charge in [-0.1, -0.05) is 19.4 Å². The maximum absolute atomic E-state index is 11.5. The van der Waals surface area contributed by atoms with E-state index in [0.29, 0.717) is 11.4 Å². The normalized spacial score (nSPS) is 9.82. The number of unbranched alkanes of at least 4 members (excludes halogenated alkanes) is 1. The number of ether oxygens (including phenoxy) is 2. The molecular weight excluding hydrogens is 400 g/mol. The van der Waals surface area contributed by atoms with E-state index in [4.69, 9.17) is 33.9 Å². The summed E-state index contributed by atoms with van der Waals surface area (Å²) in [5.74, 6) is 0. The smallest absolute Gasteiger partial charge is 0.413 e. The highest BCUT2D eigenvalue weighted by Crippen LogP contribution is 2.24. The van der Waals surface area contributed by atoms with E-state index in [2.05, 4.69) is 28.2 Å². The molecule has 0 bridgehead atoms. The Labute approximate surface area is 175 Å². The Balaban J connectivity index is 2.91. The molecule has 8 nitrogen and oxygen atoms in total. The van der Waals surface area contributed by atoms with Crippen molar-refractivity contribution < 1.29 is 19.1 Å². The number of benzene rings is 1. The van der Waals surface area contributed by atoms with E-state index in [1.165, 1.54) is 0 Å². The lowest BCUT2D eigenvalue weighted by Crippen LogP contribution is -2.36. The average molecular weight is 427 g/mol. The topological polar surface area (TPSA) is 101 Å². The van der Waals surface area contributed by atoms with Crippen LogP contribution < -0.4 is 21.3 Å². The van der Waals surface area contributed by atoms with Crippen molar-refractivity contribution >= 4 is 58.2 Å². The summed E-state index contributed by atoms with van der Waals surface area (Å²) >= 11 is 10.3. The molecule has 0 radical (unpaired) electrons. The number of aryl methyl sites for hydroxylation is 1. The summed E-state index contributed by atoms with van der Waals surface area (Å²) in [6, 6.07) is 5.68. The molecule has 4 N–H and O–H groups in total. The Morgan fingerprint density at radius 2 is 1.43 bits per heavy atom. The number of amides is 2. The highest BCUT2D eigenvalue weighted by atomic mass is 32.1. The van der Waals surface area contributed by atoms with Crippen LogP contribution in [0.3, 0.4) is 0 Å². The molecule has 10 heteroatoms. The fourth-order valence-corrected chi connectivity index (χ4v) is 2.55. The summed E-state index contributed by atoms with van der Waals surface area (Å²) in [6.45, 7) is 5.99. The first-order chi connectivity index (χ1) is 13.4. The minimum atomic E-state index is -0.645. The molecule has 0 fully saturated rings. The standard InChI is InChI=1S/C18H26N4O4S2/c1-4-7-8-12-9-10-13(19-15(27)21-17(23)25-5-2)14(11-12)20-16(28)22-18(24)26-6-3/h9-11H,4-8H2,1-3H3,(H2,19,21,23,27)(H2,20,22,24,28). The second-order valence-corrected chi connectivity index (χ2v) is 6.40. The third-order valence-electron chi connectivity index (χ3n) is 3.38. The zero-order chi connectivity index (χ0) is 20.9. The number of hydrogen-bond donors (Lipinski definition) is 4. The minimum Gasteiger partial charge on any atom is -0.450 e. The van der Waals surface area contributed by atoms with Gasteiger partial charge in [0.05, 0.1) is 24.6 Å². The number of thiocarbonyl (C=S) groups is 2. The quantitative estimate of drug-likeness (QED) is 0.487. The fraction of sp³-hybridized carbons (Fsp3) is 0.444. The van der Waals surface area contributed by atoms with Gasteiger partial charge in [-0.25, -0.2) is 9.59 Å². The molecular formula is C18H26N4O4S2. The minimum absolute atomic E-state index is 0.0760. The van der Waals surface area contributed by atoms with Gasteiger partial charge in [0.15, 0.2) is 10.2 Å². The molecule has 154 valence electrons. The molecule has 0 aliphatic heterocycles. The highest BCUT2D eigenvalue weighted by Gasteiger charge is 2.12. The predicted octanol–water partition coefficient (Wildman–Crippen LogP) is 3.92. The average Bonchev–Trinajstić information content (AvgIpc) is 2.61. The predicted molar refractivity (Wildman–Crippen MR) is 118 cm³/mol. The van der Waals surface area contributed by atoms with Crippen molar-refractivity contribution in [3.63, 3.8) is 0 Å². The Hall–Kier alpha value is -2.46. The van der Waals surface area contributed by atoms with Crippen LogP contribution in [-0.2, 0) is 15.9 Å². The van der Waals surface area contributed by atoms with E-state index in [0.717, 1.165) is 24.8 Å². The Bertz CT molecular complexity index is 713. The van der Waals surface area contributed by atoms with Gasteiger partial charge in [0.2, 0.25) is 0 Å². The summed E-state index contributed by atoms with van der Waals surface area (Å²) in [7, 11) is 0. The number of rotatable bonds is 7. The first kappa shape index (κ1) is 23.6. The van der Waals surface area contributed by atoms with Crippen LogP contribution in [0.2, 0.25) is 0 Å². The van der Waals surface area contributed by atoms with Crippen LogP contribution >= 0.6 is 24.4 Å². The number of nitrogens with one attached hydrogen (secondary N) is 4. The van der Waals surface area contributed by atoms with Crippen LogP contribution in [0.1, 0.15) is 39.2 Å². The summed E-state index contributed by atoms with van der Waals surface area (Å²) in [5, 5.41) is 10.9. The molecule has 0 spiro atoms. The van der Waals surface area contributed by atoms with E-state index in [1.54, 1.807) is 13.8 Å². The molecule has 1 aromatic carbocycles. The van der Waals surface area contributed by atoms with Crippen molar-refractivity contribution in [2.45, 2.75) is 40.0 Å². The molecule has 2 amide bonds. The van der Waals surface area contributed by atoms with Crippen LogP contribution in [-0.4, -0.2) is 35.6 Å². The van der Waals surface area contributed by atoms with Gasteiger partial charge in [0, 0.05) is 0 Å². The zero-order valence-electron chi connectivity index (χ0n) is 16.2. The molecule has 0 unspecified atom stereocenters. The van der Waals surface area contributed by atoms with Gasteiger partial charge in [0.25, 0.3) is 0 Å². The highest BCUT2D eigenvalue weighted by molar-refractivity contribution is 7.80. The molecule has 0 atom stereocenters. The third-order valence-corrected chi connectivity index (χ3v) is 3.79. The molecule has 0 saturated carbocycles. The molecule has 1 rings (SSSR count). The lowest BCUT2D eigenvalue weighted by Gasteiger charge is -2.17. The van der Waals surface area contributed by atoms with Crippen molar-refractivity contribution in [1.82, 2.24) is 10.6 Å². The van der Waals surface area contributed by atoms with Crippen LogP contribution in [0.4, 0.5) is 21.0 Å². The van der Waals surface area contributed by atoms with E-state index in [9.17, 15) is 9.59 Å². The Morgan fingerprint density at radius 1 is 0.893 bits per heavy atom.